The van der Waals surface area contributed by atoms with Crippen LogP contribution < -0.4 is 10.9 Å². The van der Waals surface area contributed by atoms with Crippen LogP contribution in [0.2, 0.25) is 0 Å². The normalized spacial score (nSPS) is 19.9. The van der Waals surface area contributed by atoms with Crippen molar-refractivity contribution in [3.8, 4) is 0 Å². The molecule has 3 heterocycles. The monoisotopic (exact) mass is 424 g/mol. The van der Waals surface area contributed by atoms with Gasteiger partial charge in [-0.25, -0.2) is 4.98 Å². The molecule has 1 saturated carbocycles. The van der Waals surface area contributed by atoms with Crippen molar-refractivity contribution in [3.05, 3.63) is 45.8 Å². The van der Waals surface area contributed by atoms with E-state index in [0.717, 1.165) is 25.7 Å². The molecule has 3 N–H and O–H groups in total. The van der Waals surface area contributed by atoms with E-state index in [0.29, 0.717) is 36.0 Å². The van der Waals surface area contributed by atoms with Crippen molar-refractivity contribution in [2.24, 2.45) is 7.05 Å². The molecule has 2 aromatic heterocycles. The van der Waals surface area contributed by atoms with Gasteiger partial charge in [-0.3, -0.25) is 9.59 Å². The lowest BCUT2D eigenvalue weighted by Gasteiger charge is -2.32. The number of rotatable bonds is 5. The Labute approximate surface area is 182 Å². The van der Waals surface area contributed by atoms with Gasteiger partial charge in [0.1, 0.15) is 22.9 Å². The molecule has 0 spiro atoms. The smallest absolute Gasteiger partial charge is 0.270 e. The molecule has 2 aromatic rings. The summed E-state index contributed by atoms with van der Waals surface area (Å²) in [6.45, 7) is 2.85. The zero-order valence-corrected chi connectivity index (χ0v) is 18.4. The first-order chi connectivity index (χ1) is 14.9. The average molecular weight is 425 g/mol. The molecule has 2 fully saturated rings. The summed E-state index contributed by atoms with van der Waals surface area (Å²) in [5.41, 5.74) is 0.919. The van der Waals surface area contributed by atoms with Gasteiger partial charge in [-0.1, -0.05) is 19.3 Å². The highest BCUT2D eigenvalue weighted by Gasteiger charge is 2.29. The quantitative estimate of drug-likeness (QED) is 0.640. The lowest BCUT2D eigenvalue weighted by molar-refractivity contribution is 0.0695. The van der Waals surface area contributed by atoms with Crippen molar-refractivity contribution in [3.63, 3.8) is 0 Å². The molecule has 1 atom stereocenters. The molecule has 8 heteroatoms. The van der Waals surface area contributed by atoms with Crippen LogP contribution in [0.25, 0.3) is 0 Å². The molecule has 8 nitrogen and oxygen atoms in total. The minimum Gasteiger partial charge on any atom is -0.367 e. The Bertz CT molecular complexity index is 1020. The maximum absolute atomic E-state index is 13.0. The minimum atomic E-state index is -0.276. The predicted molar refractivity (Wildman–Crippen MR) is 121 cm³/mol. The Morgan fingerprint density at radius 3 is 2.68 bits per heavy atom. The van der Waals surface area contributed by atoms with Crippen molar-refractivity contribution >= 4 is 17.4 Å². The number of likely N-dealkylation sites (tertiary alicyclic amines) is 1. The Kier molecular flexibility index (Phi) is 6.25. The van der Waals surface area contributed by atoms with Crippen LogP contribution in [0.3, 0.4) is 0 Å². The van der Waals surface area contributed by atoms with Gasteiger partial charge >= 0.3 is 0 Å². The fourth-order valence-corrected chi connectivity index (χ4v) is 4.81. The summed E-state index contributed by atoms with van der Waals surface area (Å²) >= 11 is 0. The Morgan fingerprint density at radius 2 is 2.00 bits per heavy atom. The second-order valence-corrected chi connectivity index (χ2v) is 8.87. The number of nitrogens with one attached hydrogen (secondary N) is 3. The summed E-state index contributed by atoms with van der Waals surface area (Å²) in [6, 6.07) is 3.99. The zero-order chi connectivity index (χ0) is 22.0. The van der Waals surface area contributed by atoms with Crippen LogP contribution in [0.15, 0.2) is 23.1 Å². The number of anilines is 1. The third kappa shape index (κ3) is 4.57. The zero-order valence-electron chi connectivity index (χ0n) is 18.4. The molecule has 1 aliphatic carbocycles. The molecular weight excluding hydrogens is 392 g/mol. The van der Waals surface area contributed by atoms with E-state index in [-0.39, 0.29) is 29.1 Å². The Morgan fingerprint density at radius 1 is 1.23 bits per heavy atom. The van der Waals surface area contributed by atoms with E-state index in [1.165, 1.54) is 19.3 Å². The first-order valence-corrected chi connectivity index (χ1v) is 11.3. The second kappa shape index (κ2) is 9.08. The van der Waals surface area contributed by atoms with E-state index in [2.05, 4.69) is 10.3 Å². The van der Waals surface area contributed by atoms with E-state index < -0.39 is 0 Å². The number of nitrogens with zero attached hydrogens (tertiary/aromatic N) is 3. The van der Waals surface area contributed by atoms with Crippen LogP contribution in [-0.2, 0) is 7.05 Å². The summed E-state index contributed by atoms with van der Waals surface area (Å²) in [7, 11) is 1.87. The number of H-pyrrole nitrogens is 1. The molecular formula is C23H32N6O2. The summed E-state index contributed by atoms with van der Waals surface area (Å²) in [5, 5.41) is 11.5. The van der Waals surface area contributed by atoms with E-state index in [1.807, 2.05) is 34.8 Å². The molecule has 1 unspecified atom stereocenters. The van der Waals surface area contributed by atoms with E-state index in [4.69, 9.17) is 10.4 Å². The van der Waals surface area contributed by atoms with Gasteiger partial charge in [0.25, 0.3) is 11.5 Å². The first-order valence-electron chi connectivity index (χ1n) is 11.3. The maximum atomic E-state index is 13.0. The SMILES string of the molecule is CC(=N)c1c(NC2CCCCC2)nc(C2CCCN(C(=O)c3cccn3C)C2)[nH]c1=O. The molecule has 0 bridgehead atoms. The average Bonchev–Trinajstić information content (AvgIpc) is 3.19. The highest BCUT2D eigenvalue weighted by molar-refractivity contribution is 6.00. The van der Waals surface area contributed by atoms with Crippen LogP contribution in [0.4, 0.5) is 5.82 Å². The van der Waals surface area contributed by atoms with Crippen LogP contribution in [0.1, 0.15) is 79.7 Å². The van der Waals surface area contributed by atoms with Crippen molar-refractivity contribution in [1.29, 1.82) is 5.41 Å². The van der Waals surface area contributed by atoms with Crippen molar-refractivity contribution in [2.45, 2.75) is 63.8 Å². The molecule has 166 valence electrons. The lowest BCUT2D eigenvalue weighted by atomic mass is 9.95. The predicted octanol–water partition coefficient (Wildman–Crippen LogP) is 3.26. The summed E-state index contributed by atoms with van der Waals surface area (Å²) in [6.07, 6.45) is 9.31. The first kappa shape index (κ1) is 21.3. The highest BCUT2D eigenvalue weighted by Crippen LogP contribution is 2.27. The maximum Gasteiger partial charge on any atom is 0.270 e. The highest BCUT2D eigenvalue weighted by atomic mass is 16.2. The summed E-state index contributed by atoms with van der Waals surface area (Å²) in [5.74, 6) is 1.10. The van der Waals surface area contributed by atoms with Crippen molar-refractivity contribution in [2.75, 3.05) is 18.4 Å². The van der Waals surface area contributed by atoms with Gasteiger partial charge in [0.05, 0.1) is 0 Å². The third-order valence-corrected chi connectivity index (χ3v) is 6.52. The van der Waals surface area contributed by atoms with Gasteiger partial charge in [0.15, 0.2) is 0 Å². The van der Waals surface area contributed by atoms with Crippen LogP contribution in [-0.4, -0.2) is 50.2 Å². The van der Waals surface area contributed by atoms with E-state index in [9.17, 15) is 9.59 Å². The fourth-order valence-electron chi connectivity index (χ4n) is 4.81. The number of hydrogen-bond acceptors (Lipinski definition) is 5. The largest absolute Gasteiger partial charge is 0.367 e. The molecule has 0 radical (unpaired) electrons. The number of carbonyl (C=O) groups is 1. The fraction of sp³-hybridized carbons (Fsp3) is 0.565. The Hall–Kier alpha value is -2.90. The van der Waals surface area contributed by atoms with Crippen molar-refractivity contribution in [1.82, 2.24) is 19.4 Å². The molecule has 4 rings (SSSR count). The van der Waals surface area contributed by atoms with Gasteiger partial charge in [-0.2, -0.15) is 0 Å². The van der Waals surface area contributed by atoms with Crippen molar-refractivity contribution < 1.29 is 4.79 Å². The number of aromatic amines is 1. The Balaban J connectivity index is 1.59. The summed E-state index contributed by atoms with van der Waals surface area (Å²) in [4.78, 5) is 35.4. The van der Waals surface area contributed by atoms with E-state index >= 15 is 0 Å². The molecule has 1 saturated heterocycles. The standard InChI is InChI=1S/C23H32N6O2/c1-15(24)19-21(25-17-9-4-3-5-10-17)26-20(27-22(19)30)16-8-6-13-29(14-16)23(31)18-11-7-12-28(18)2/h7,11-12,16-17,24H,3-6,8-10,13-14H2,1-2H3,(H2,25,26,27,30). The number of piperidine rings is 1. The van der Waals surface area contributed by atoms with Gasteiger partial charge in [-0.05, 0) is 44.7 Å². The number of aromatic nitrogens is 3. The molecule has 31 heavy (non-hydrogen) atoms. The molecule has 0 aromatic carbocycles. The van der Waals surface area contributed by atoms with Gasteiger partial charge in [-0.15, -0.1) is 0 Å². The van der Waals surface area contributed by atoms with Gasteiger partial charge in [0, 0.05) is 44.0 Å². The number of hydrogen-bond donors (Lipinski definition) is 3. The van der Waals surface area contributed by atoms with Crippen LogP contribution in [0, 0.1) is 5.41 Å². The third-order valence-electron chi connectivity index (χ3n) is 6.52. The van der Waals surface area contributed by atoms with Crippen LogP contribution >= 0.6 is 0 Å². The number of amides is 1. The minimum absolute atomic E-state index is 0.00653. The van der Waals surface area contributed by atoms with E-state index in [1.54, 1.807) is 6.92 Å². The summed E-state index contributed by atoms with van der Waals surface area (Å²) < 4.78 is 1.83. The molecule has 1 amide bonds. The van der Waals surface area contributed by atoms with Crippen LogP contribution in [0.5, 0.6) is 0 Å². The lowest BCUT2D eigenvalue weighted by Crippen LogP contribution is -2.41. The molecule has 2 aliphatic rings. The van der Waals surface area contributed by atoms with Gasteiger partial charge in [0.2, 0.25) is 0 Å². The number of carbonyl (C=O) groups excluding carboxylic acids is 1. The topological polar surface area (TPSA) is 107 Å². The molecule has 1 aliphatic heterocycles. The second-order valence-electron chi connectivity index (χ2n) is 8.87. The number of aryl methyl sites for hydroxylation is 1. The van der Waals surface area contributed by atoms with Gasteiger partial charge < -0.3 is 25.2 Å².